The van der Waals surface area contributed by atoms with Crippen molar-refractivity contribution < 1.29 is 4.79 Å². The van der Waals surface area contributed by atoms with Gasteiger partial charge in [-0.25, -0.2) is 0 Å². The van der Waals surface area contributed by atoms with E-state index in [1.165, 1.54) is 25.7 Å². The number of nitrogens with two attached hydrogens (primary N) is 1. The van der Waals surface area contributed by atoms with Crippen LogP contribution in [0.15, 0.2) is 0 Å². The molecular formula is C14H28N2O. The first-order valence-electron chi connectivity index (χ1n) is 6.93. The molecule has 1 saturated carbocycles. The molecule has 1 rings (SSSR count). The molecule has 0 aromatic heterocycles. The standard InChI is InChI=1S/C14H28N2O/c1-14(2,3)12(8-9-15)16-13(17)10-11-6-4-5-7-11/h11-12H,4-10,15H2,1-3H3,(H,16,17). The molecule has 0 aromatic rings. The number of hydrogen-bond donors (Lipinski definition) is 2. The molecule has 1 aliphatic carbocycles. The van der Waals surface area contributed by atoms with Gasteiger partial charge in [0.2, 0.25) is 5.91 Å². The molecule has 0 heterocycles. The van der Waals surface area contributed by atoms with Gasteiger partial charge < -0.3 is 11.1 Å². The second kappa shape index (κ2) is 6.39. The van der Waals surface area contributed by atoms with Crippen LogP contribution in [0.3, 0.4) is 0 Å². The predicted molar refractivity (Wildman–Crippen MR) is 71.6 cm³/mol. The van der Waals surface area contributed by atoms with Gasteiger partial charge in [0.1, 0.15) is 0 Å². The fourth-order valence-corrected chi connectivity index (χ4v) is 2.62. The molecule has 1 aliphatic rings. The third-order valence-electron chi connectivity index (χ3n) is 3.78. The summed E-state index contributed by atoms with van der Waals surface area (Å²) >= 11 is 0. The Morgan fingerprint density at radius 3 is 2.41 bits per heavy atom. The molecule has 0 saturated heterocycles. The highest BCUT2D eigenvalue weighted by Crippen LogP contribution is 2.28. The van der Waals surface area contributed by atoms with Gasteiger partial charge in [0, 0.05) is 12.5 Å². The van der Waals surface area contributed by atoms with Crippen LogP contribution in [0.4, 0.5) is 0 Å². The minimum atomic E-state index is 0.0880. The Labute approximate surface area is 106 Å². The lowest BCUT2D eigenvalue weighted by Crippen LogP contribution is -2.45. The molecule has 17 heavy (non-hydrogen) atoms. The molecule has 3 nitrogen and oxygen atoms in total. The lowest BCUT2D eigenvalue weighted by atomic mass is 9.84. The smallest absolute Gasteiger partial charge is 0.220 e. The minimum Gasteiger partial charge on any atom is -0.353 e. The number of rotatable bonds is 5. The summed E-state index contributed by atoms with van der Waals surface area (Å²) in [6.07, 6.45) is 6.61. The fraction of sp³-hybridized carbons (Fsp3) is 0.929. The van der Waals surface area contributed by atoms with E-state index in [0.29, 0.717) is 18.9 Å². The third-order valence-corrected chi connectivity index (χ3v) is 3.78. The molecule has 0 aromatic carbocycles. The van der Waals surface area contributed by atoms with Crippen molar-refractivity contribution in [2.45, 2.75) is 65.3 Å². The van der Waals surface area contributed by atoms with Gasteiger partial charge in [-0.3, -0.25) is 4.79 Å². The number of carbonyl (C=O) groups excluding carboxylic acids is 1. The first-order valence-corrected chi connectivity index (χ1v) is 6.93. The Morgan fingerprint density at radius 1 is 1.35 bits per heavy atom. The van der Waals surface area contributed by atoms with E-state index in [4.69, 9.17) is 5.73 Å². The average Bonchev–Trinajstić information content (AvgIpc) is 2.68. The average molecular weight is 240 g/mol. The van der Waals surface area contributed by atoms with E-state index in [0.717, 1.165) is 6.42 Å². The van der Waals surface area contributed by atoms with E-state index < -0.39 is 0 Å². The van der Waals surface area contributed by atoms with Crippen molar-refractivity contribution in [1.29, 1.82) is 0 Å². The predicted octanol–water partition coefficient (Wildman–Crippen LogP) is 2.45. The van der Waals surface area contributed by atoms with Gasteiger partial charge >= 0.3 is 0 Å². The van der Waals surface area contributed by atoms with Crippen LogP contribution in [0.2, 0.25) is 0 Å². The molecule has 0 spiro atoms. The van der Waals surface area contributed by atoms with Crippen molar-refractivity contribution in [3.8, 4) is 0 Å². The van der Waals surface area contributed by atoms with Crippen LogP contribution in [0.25, 0.3) is 0 Å². The molecule has 0 radical (unpaired) electrons. The zero-order chi connectivity index (χ0) is 12.9. The molecule has 3 heteroatoms. The zero-order valence-corrected chi connectivity index (χ0v) is 11.6. The van der Waals surface area contributed by atoms with Gasteiger partial charge in [-0.05, 0) is 37.1 Å². The highest BCUT2D eigenvalue weighted by Gasteiger charge is 2.26. The maximum absolute atomic E-state index is 12.0. The summed E-state index contributed by atoms with van der Waals surface area (Å²) in [4.78, 5) is 12.0. The van der Waals surface area contributed by atoms with Gasteiger partial charge in [-0.2, -0.15) is 0 Å². The lowest BCUT2D eigenvalue weighted by molar-refractivity contribution is -0.123. The van der Waals surface area contributed by atoms with Crippen LogP contribution in [0.5, 0.6) is 0 Å². The Hall–Kier alpha value is -0.570. The first-order chi connectivity index (χ1) is 7.93. The van der Waals surface area contributed by atoms with Crippen LogP contribution in [-0.2, 0) is 4.79 Å². The van der Waals surface area contributed by atoms with Gasteiger partial charge in [-0.1, -0.05) is 33.6 Å². The summed E-state index contributed by atoms with van der Waals surface area (Å²) in [6.45, 7) is 7.10. The Bertz CT molecular complexity index is 239. The van der Waals surface area contributed by atoms with E-state index in [1.54, 1.807) is 0 Å². The monoisotopic (exact) mass is 240 g/mol. The SMILES string of the molecule is CC(C)(C)C(CCN)NC(=O)CC1CCCC1. The number of amides is 1. The maximum Gasteiger partial charge on any atom is 0.220 e. The molecule has 0 aliphatic heterocycles. The zero-order valence-electron chi connectivity index (χ0n) is 11.6. The molecule has 1 unspecified atom stereocenters. The summed E-state index contributed by atoms with van der Waals surface area (Å²) < 4.78 is 0. The van der Waals surface area contributed by atoms with E-state index in [1.807, 2.05) is 0 Å². The number of hydrogen-bond acceptors (Lipinski definition) is 2. The summed E-state index contributed by atoms with van der Waals surface area (Å²) in [7, 11) is 0. The third kappa shape index (κ3) is 5.07. The van der Waals surface area contributed by atoms with E-state index in [2.05, 4.69) is 26.1 Å². The molecular weight excluding hydrogens is 212 g/mol. The van der Waals surface area contributed by atoms with E-state index in [-0.39, 0.29) is 17.4 Å². The molecule has 0 bridgehead atoms. The Balaban J connectivity index is 2.40. The topological polar surface area (TPSA) is 55.1 Å². The maximum atomic E-state index is 12.0. The number of nitrogens with one attached hydrogen (secondary N) is 1. The highest BCUT2D eigenvalue weighted by atomic mass is 16.1. The summed E-state index contributed by atoms with van der Waals surface area (Å²) in [5.74, 6) is 0.832. The van der Waals surface area contributed by atoms with Crippen molar-refractivity contribution in [3.05, 3.63) is 0 Å². The van der Waals surface area contributed by atoms with Crippen molar-refractivity contribution >= 4 is 5.91 Å². The normalized spacial score (nSPS) is 19.3. The van der Waals surface area contributed by atoms with Crippen LogP contribution in [0, 0.1) is 11.3 Å². The van der Waals surface area contributed by atoms with Crippen molar-refractivity contribution in [2.24, 2.45) is 17.1 Å². The largest absolute Gasteiger partial charge is 0.353 e. The molecule has 1 amide bonds. The van der Waals surface area contributed by atoms with Crippen LogP contribution in [0.1, 0.15) is 59.3 Å². The lowest BCUT2D eigenvalue weighted by Gasteiger charge is -2.31. The summed E-state index contributed by atoms with van der Waals surface area (Å²) in [5, 5.41) is 3.17. The quantitative estimate of drug-likeness (QED) is 0.775. The van der Waals surface area contributed by atoms with Crippen LogP contribution >= 0.6 is 0 Å². The summed E-state index contributed by atoms with van der Waals surface area (Å²) in [5.41, 5.74) is 5.70. The second-order valence-corrected chi connectivity index (χ2v) is 6.42. The van der Waals surface area contributed by atoms with Gasteiger partial charge in [0.15, 0.2) is 0 Å². The molecule has 3 N–H and O–H groups in total. The molecule has 100 valence electrons. The fourth-order valence-electron chi connectivity index (χ4n) is 2.62. The van der Waals surface area contributed by atoms with Crippen molar-refractivity contribution in [3.63, 3.8) is 0 Å². The van der Waals surface area contributed by atoms with Gasteiger partial charge in [0.25, 0.3) is 0 Å². The van der Waals surface area contributed by atoms with Crippen molar-refractivity contribution in [2.75, 3.05) is 6.54 Å². The number of carbonyl (C=O) groups is 1. The molecule has 1 atom stereocenters. The van der Waals surface area contributed by atoms with E-state index in [9.17, 15) is 4.79 Å². The minimum absolute atomic E-state index is 0.0880. The van der Waals surface area contributed by atoms with Crippen LogP contribution in [-0.4, -0.2) is 18.5 Å². The second-order valence-electron chi connectivity index (χ2n) is 6.42. The highest BCUT2D eigenvalue weighted by molar-refractivity contribution is 5.76. The van der Waals surface area contributed by atoms with Crippen molar-refractivity contribution in [1.82, 2.24) is 5.32 Å². The molecule has 1 fully saturated rings. The van der Waals surface area contributed by atoms with Crippen LogP contribution < -0.4 is 11.1 Å². The van der Waals surface area contributed by atoms with Gasteiger partial charge in [-0.15, -0.1) is 0 Å². The first kappa shape index (κ1) is 14.5. The Kier molecular flexibility index (Phi) is 5.44. The van der Waals surface area contributed by atoms with Gasteiger partial charge in [0.05, 0.1) is 0 Å². The summed E-state index contributed by atoms with van der Waals surface area (Å²) in [6, 6.07) is 0.196. The Morgan fingerprint density at radius 2 is 1.94 bits per heavy atom. The van der Waals surface area contributed by atoms with E-state index >= 15 is 0 Å².